The first-order valence-corrected chi connectivity index (χ1v) is 8.10. The van der Waals surface area contributed by atoms with E-state index in [-0.39, 0.29) is 17.5 Å². The minimum atomic E-state index is -0.419. The van der Waals surface area contributed by atoms with Gasteiger partial charge in [0.15, 0.2) is 5.58 Å². The van der Waals surface area contributed by atoms with E-state index in [1.165, 1.54) is 6.07 Å². The summed E-state index contributed by atoms with van der Waals surface area (Å²) in [4.78, 5) is 22.3. The molecule has 1 heterocycles. The normalized spacial score (nSPS) is 10.8. The number of hydrogen-bond donors (Lipinski definition) is 2. The zero-order valence-corrected chi connectivity index (χ0v) is 13.4. The lowest BCUT2D eigenvalue weighted by molar-refractivity contribution is -0.118. The van der Waals surface area contributed by atoms with Gasteiger partial charge >= 0.3 is 4.94 Å². The zero-order valence-electron chi connectivity index (χ0n) is 11.8. The Labute approximate surface area is 140 Å². The molecule has 5 nitrogen and oxygen atoms in total. The predicted molar refractivity (Wildman–Crippen MR) is 90.0 cm³/mol. The van der Waals surface area contributed by atoms with E-state index in [9.17, 15) is 14.7 Å². The third-order valence-electron chi connectivity index (χ3n) is 3.27. The fourth-order valence-electron chi connectivity index (χ4n) is 2.27. The predicted octanol–water partition coefficient (Wildman–Crippen LogP) is 3.08. The van der Waals surface area contributed by atoms with Crippen molar-refractivity contribution in [3.8, 4) is 16.9 Å². The molecule has 0 aliphatic carbocycles. The van der Waals surface area contributed by atoms with Crippen LogP contribution >= 0.6 is 22.9 Å². The molecule has 0 fully saturated rings. The fraction of sp³-hybridized carbons (Fsp3) is 0.125. The molecule has 2 N–H and O–H groups in total. The molecular formula is C16H12ClNO4S. The second-order valence-electron chi connectivity index (χ2n) is 4.89. The van der Waals surface area contributed by atoms with Gasteiger partial charge < -0.3 is 14.8 Å². The summed E-state index contributed by atoms with van der Waals surface area (Å²) in [5.74, 6) is -0.279. The summed E-state index contributed by atoms with van der Waals surface area (Å²) < 4.78 is 5.82. The fourth-order valence-corrected chi connectivity index (χ4v) is 3.10. The topological polar surface area (TPSA) is 79.5 Å². The maximum Gasteiger partial charge on any atom is 0.396 e. The molecule has 0 spiro atoms. The lowest BCUT2D eigenvalue weighted by Crippen LogP contribution is -2.23. The molecular weight excluding hydrogens is 338 g/mol. The number of rotatable bonds is 4. The molecule has 0 aliphatic rings. The average molecular weight is 350 g/mol. The second-order valence-corrected chi connectivity index (χ2v) is 6.13. The molecule has 0 saturated carbocycles. The first kappa shape index (κ1) is 15.6. The van der Waals surface area contributed by atoms with Gasteiger partial charge in [-0.05, 0) is 23.3 Å². The first-order valence-electron chi connectivity index (χ1n) is 6.75. The van der Waals surface area contributed by atoms with Crippen molar-refractivity contribution in [2.45, 2.75) is 6.54 Å². The van der Waals surface area contributed by atoms with Crippen LogP contribution in [0, 0.1) is 0 Å². The van der Waals surface area contributed by atoms with Crippen molar-refractivity contribution in [1.82, 2.24) is 5.32 Å². The van der Waals surface area contributed by atoms with Gasteiger partial charge in [0.05, 0.1) is 4.70 Å². The number of phenols is 1. The minimum Gasteiger partial charge on any atom is -0.508 e. The van der Waals surface area contributed by atoms with Crippen LogP contribution in [0.1, 0.15) is 5.56 Å². The van der Waals surface area contributed by atoms with Crippen LogP contribution in [0.5, 0.6) is 5.75 Å². The number of carbonyl (C=O) groups excluding carboxylic acids is 1. The molecule has 0 aliphatic heterocycles. The van der Waals surface area contributed by atoms with Crippen LogP contribution in [-0.4, -0.2) is 16.9 Å². The van der Waals surface area contributed by atoms with Gasteiger partial charge in [0.1, 0.15) is 11.6 Å². The molecule has 3 aromatic rings. The Hall–Kier alpha value is -2.31. The highest BCUT2D eigenvalue weighted by Crippen LogP contribution is 2.34. The Morgan fingerprint density at radius 2 is 2.13 bits per heavy atom. The Balaban J connectivity index is 2.02. The number of fused-ring (bicyclic) bond motifs is 1. The van der Waals surface area contributed by atoms with E-state index in [4.69, 9.17) is 16.0 Å². The summed E-state index contributed by atoms with van der Waals surface area (Å²) in [6.07, 6.45) is 0. The third-order valence-corrected chi connectivity index (χ3v) is 4.28. The van der Waals surface area contributed by atoms with Gasteiger partial charge in [0, 0.05) is 18.2 Å². The minimum absolute atomic E-state index is 0.0606. The number of alkyl halides is 1. The van der Waals surface area contributed by atoms with Crippen molar-refractivity contribution in [1.29, 1.82) is 0 Å². The molecule has 0 atom stereocenters. The molecule has 23 heavy (non-hydrogen) atoms. The quantitative estimate of drug-likeness (QED) is 0.709. The van der Waals surface area contributed by atoms with Crippen LogP contribution in [0.15, 0.2) is 45.6 Å². The molecule has 7 heteroatoms. The van der Waals surface area contributed by atoms with E-state index in [1.807, 2.05) is 24.3 Å². The molecule has 118 valence electrons. The Morgan fingerprint density at radius 3 is 2.91 bits per heavy atom. The molecule has 3 rings (SSSR count). The SMILES string of the molecule is O=C(CCl)NCc1cccc(-c2cc(O)cc3sc(=O)oc23)c1. The second kappa shape index (κ2) is 6.44. The van der Waals surface area contributed by atoms with Crippen LogP contribution < -0.4 is 10.3 Å². The zero-order chi connectivity index (χ0) is 16.4. The standard InChI is InChI=1S/C16H12ClNO4S/c17-7-14(20)18-8-9-2-1-3-10(4-9)12-5-11(19)6-13-15(12)22-16(21)23-13/h1-6,19H,7-8H2,(H,18,20). The number of aromatic hydroxyl groups is 1. The van der Waals surface area contributed by atoms with E-state index in [1.54, 1.807) is 6.07 Å². The number of halogens is 1. The van der Waals surface area contributed by atoms with Crippen molar-refractivity contribution in [3.63, 3.8) is 0 Å². The molecule has 0 unspecified atom stereocenters. The van der Waals surface area contributed by atoms with Crippen LogP contribution in [0.2, 0.25) is 0 Å². The van der Waals surface area contributed by atoms with Crippen molar-refractivity contribution < 1.29 is 14.3 Å². The van der Waals surface area contributed by atoms with Crippen molar-refractivity contribution in [3.05, 3.63) is 51.7 Å². The Kier molecular flexibility index (Phi) is 4.36. The summed E-state index contributed by atoms with van der Waals surface area (Å²) in [6, 6.07) is 10.5. The van der Waals surface area contributed by atoms with Crippen molar-refractivity contribution in [2.24, 2.45) is 0 Å². The van der Waals surface area contributed by atoms with Crippen LogP contribution in [-0.2, 0) is 11.3 Å². The van der Waals surface area contributed by atoms with Gasteiger partial charge in [-0.15, -0.1) is 11.6 Å². The van der Waals surface area contributed by atoms with E-state index in [0.717, 1.165) is 22.5 Å². The largest absolute Gasteiger partial charge is 0.508 e. The van der Waals surface area contributed by atoms with Gasteiger partial charge in [0.2, 0.25) is 5.91 Å². The van der Waals surface area contributed by atoms with E-state index < -0.39 is 4.94 Å². The molecule has 1 amide bonds. The van der Waals surface area contributed by atoms with Gasteiger partial charge in [0.25, 0.3) is 0 Å². The highest BCUT2D eigenvalue weighted by atomic mass is 35.5. The highest BCUT2D eigenvalue weighted by Gasteiger charge is 2.12. The number of benzene rings is 2. The summed E-state index contributed by atoms with van der Waals surface area (Å²) in [7, 11) is 0. The van der Waals surface area contributed by atoms with Crippen molar-refractivity contribution in [2.75, 3.05) is 5.88 Å². The molecule has 0 bridgehead atoms. The molecule has 0 radical (unpaired) electrons. The average Bonchev–Trinajstić information content (AvgIpc) is 2.92. The van der Waals surface area contributed by atoms with Gasteiger partial charge in [-0.25, -0.2) is 4.79 Å². The molecule has 2 aromatic carbocycles. The third kappa shape index (κ3) is 3.38. The summed E-state index contributed by atoms with van der Waals surface area (Å²) in [5.41, 5.74) is 2.73. The van der Waals surface area contributed by atoms with Gasteiger partial charge in [-0.2, -0.15) is 0 Å². The summed E-state index contributed by atoms with van der Waals surface area (Å²) >= 11 is 6.39. The lowest BCUT2D eigenvalue weighted by atomic mass is 10.0. The van der Waals surface area contributed by atoms with Crippen LogP contribution in [0.25, 0.3) is 21.4 Å². The number of hydrogen-bond acceptors (Lipinski definition) is 5. The van der Waals surface area contributed by atoms with Gasteiger partial charge in [-0.1, -0.05) is 29.5 Å². The smallest absolute Gasteiger partial charge is 0.396 e. The van der Waals surface area contributed by atoms with Crippen LogP contribution in [0.4, 0.5) is 0 Å². The maximum atomic E-state index is 11.5. The number of carbonyl (C=O) groups is 1. The Morgan fingerprint density at radius 1 is 1.30 bits per heavy atom. The summed E-state index contributed by atoms with van der Waals surface area (Å²) in [5, 5.41) is 12.5. The Bertz CT molecular complexity index is 931. The number of nitrogens with one attached hydrogen (secondary N) is 1. The van der Waals surface area contributed by atoms with E-state index >= 15 is 0 Å². The van der Waals surface area contributed by atoms with E-state index in [2.05, 4.69) is 5.32 Å². The first-order chi connectivity index (χ1) is 11.1. The van der Waals surface area contributed by atoms with Crippen LogP contribution in [0.3, 0.4) is 0 Å². The monoisotopic (exact) mass is 349 g/mol. The highest BCUT2D eigenvalue weighted by molar-refractivity contribution is 7.16. The van der Waals surface area contributed by atoms with E-state index in [0.29, 0.717) is 22.4 Å². The molecule has 0 saturated heterocycles. The van der Waals surface area contributed by atoms with Gasteiger partial charge in [-0.3, -0.25) is 4.79 Å². The number of phenolic OH excluding ortho intramolecular Hbond substituents is 1. The van der Waals surface area contributed by atoms with Crippen molar-refractivity contribution >= 4 is 39.1 Å². The number of amides is 1. The lowest BCUT2D eigenvalue weighted by Gasteiger charge is -2.07. The molecule has 1 aromatic heterocycles. The maximum absolute atomic E-state index is 11.5. The summed E-state index contributed by atoms with van der Waals surface area (Å²) in [6.45, 7) is 0.342.